The number of carbonyl (C=O) groups excluding carboxylic acids is 1. The van der Waals surface area contributed by atoms with E-state index in [4.69, 9.17) is 28.0 Å². The summed E-state index contributed by atoms with van der Waals surface area (Å²) < 4.78 is 0. The maximum Gasteiger partial charge on any atom is 0.367 e. The molecule has 0 radical (unpaired) electrons. The van der Waals surface area contributed by atoms with Crippen molar-refractivity contribution in [3.8, 4) is 0 Å². The van der Waals surface area contributed by atoms with E-state index >= 15 is 0 Å². The van der Waals surface area contributed by atoms with Crippen molar-refractivity contribution in [2.24, 2.45) is 5.16 Å². The maximum atomic E-state index is 11.9. The molecule has 0 fully saturated rings. The third-order valence-corrected chi connectivity index (χ3v) is 3.29. The molecule has 0 bridgehead atoms. The topological polar surface area (TPSA) is 38.7 Å². The standard InChI is InChI=1S/C17H13Cl2NO2/c1-12(7-8-13-5-3-2-4-6-13)20-22-17(21)15-10-9-14(18)11-16(15)19/h2-11H,1H3/b8-7+,20-12-. The molecule has 0 aromatic heterocycles. The van der Waals surface area contributed by atoms with Gasteiger partial charge in [0, 0.05) is 5.02 Å². The third-order valence-electron chi connectivity index (χ3n) is 2.74. The Morgan fingerprint density at radius 1 is 1.14 bits per heavy atom. The smallest absolute Gasteiger partial charge is 0.312 e. The fourth-order valence-corrected chi connectivity index (χ4v) is 2.11. The van der Waals surface area contributed by atoms with Crippen LogP contribution in [0.1, 0.15) is 22.8 Å². The molecule has 2 aromatic rings. The normalized spacial score (nSPS) is 11.7. The van der Waals surface area contributed by atoms with Gasteiger partial charge in [0.25, 0.3) is 0 Å². The molecule has 3 nitrogen and oxygen atoms in total. The summed E-state index contributed by atoms with van der Waals surface area (Å²) in [5.41, 5.74) is 1.81. The van der Waals surface area contributed by atoms with E-state index in [2.05, 4.69) is 5.16 Å². The Balaban J connectivity index is 2.01. The highest BCUT2D eigenvalue weighted by molar-refractivity contribution is 6.36. The minimum atomic E-state index is -0.630. The summed E-state index contributed by atoms with van der Waals surface area (Å²) in [5.74, 6) is -0.630. The summed E-state index contributed by atoms with van der Waals surface area (Å²) in [5, 5.41) is 4.45. The van der Waals surface area contributed by atoms with Gasteiger partial charge in [-0.1, -0.05) is 64.8 Å². The third kappa shape index (κ3) is 4.72. The molecular weight excluding hydrogens is 321 g/mol. The van der Waals surface area contributed by atoms with Gasteiger partial charge in [0.05, 0.1) is 16.3 Å². The van der Waals surface area contributed by atoms with E-state index in [1.54, 1.807) is 19.1 Å². The van der Waals surface area contributed by atoms with Crippen molar-refractivity contribution in [1.82, 2.24) is 0 Å². The number of carbonyl (C=O) groups is 1. The van der Waals surface area contributed by atoms with Crippen LogP contribution in [0.4, 0.5) is 0 Å². The molecule has 0 atom stereocenters. The number of rotatable bonds is 4. The highest BCUT2D eigenvalue weighted by Crippen LogP contribution is 2.21. The predicted molar refractivity (Wildman–Crippen MR) is 90.5 cm³/mol. The Labute approximate surface area is 138 Å². The summed E-state index contributed by atoms with van der Waals surface area (Å²) in [6.45, 7) is 1.73. The number of oxime groups is 1. The highest BCUT2D eigenvalue weighted by Gasteiger charge is 2.12. The van der Waals surface area contributed by atoms with Gasteiger partial charge in [0.1, 0.15) is 0 Å². The second-order valence-electron chi connectivity index (χ2n) is 4.48. The molecule has 0 amide bonds. The van der Waals surface area contributed by atoms with Crippen LogP contribution in [-0.4, -0.2) is 11.7 Å². The first-order valence-electron chi connectivity index (χ1n) is 6.50. The van der Waals surface area contributed by atoms with Crippen LogP contribution in [0.3, 0.4) is 0 Å². The van der Waals surface area contributed by atoms with Gasteiger partial charge in [-0.05, 0) is 36.8 Å². The van der Waals surface area contributed by atoms with E-state index in [9.17, 15) is 4.79 Å². The summed E-state index contributed by atoms with van der Waals surface area (Å²) in [4.78, 5) is 16.7. The minimum absolute atomic E-state index is 0.217. The van der Waals surface area contributed by atoms with E-state index in [1.165, 1.54) is 12.1 Å². The molecule has 0 saturated carbocycles. The van der Waals surface area contributed by atoms with Crippen LogP contribution < -0.4 is 0 Å². The highest BCUT2D eigenvalue weighted by atomic mass is 35.5. The van der Waals surface area contributed by atoms with Crippen LogP contribution in [0.2, 0.25) is 10.0 Å². The summed E-state index contributed by atoms with van der Waals surface area (Å²) in [7, 11) is 0. The Bertz CT molecular complexity index is 725. The number of nitrogens with zero attached hydrogens (tertiary/aromatic N) is 1. The predicted octanol–water partition coefficient (Wildman–Crippen LogP) is 5.24. The fraction of sp³-hybridized carbons (Fsp3) is 0.0588. The van der Waals surface area contributed by atoms with Crippen LogP contribution in [-0.2, 0) is 4.84 Å². The molecule has 0 saturated heterocycles. The van der Waals surface area contributed by atoms with Crippen LogP contribution in [0.15, 0.2) is 59.8 Å². The second kappa shape index (κ2) is 7.78. The average Bonchev–Trinajstić information content (AvgIpc) is 2.51. The summed E-state index contributed by atoms with van der Waals surface area (Å²) in [6.07, 6.45) is 3.63. The van der Waals surface area contributed by atoms with Gasteiger partial charge in [-0.15, -0.1) is 0 Å². The van der Waals surface area contributed by atoms with Gasteiger partial charge in [0.2, 0.25) is 0 Å². The van der Waals surface area contributed by atoms with Gasteiger partial charge in [-0.2, -0.15) is 0 Å². The molecule has 0 N–H and O–H groups in total. The first-order valence-corrected chi connectivity index (χ1v) is 7.26. The van der Waals surface area contributed by atoms with Crippen molar-refractivity contribution in [2.45, 2.75) is 6.92 Å². The van der Waals surface area contributed by atoms with Gasteiger partial charge >= 0.3 is 5.97 Å². The lowest BCUT2D eigenvalue weighted by atomic mass is 10.2. The molecule has 5 heteroatoms. The van der Waals surface area contributed by atoms with Crippen molar-refractivity contribution in [2.75, 3.05) is 0 Å². The Hall–Kier alpha value is -2.10. The van der Waals surface area contributed by atoms with Crippen molar-refractivity contribution < 1.29 is 9.63 Å². The van der Waals surface area contributed by atoms with Crippen molar-refractivity contribution in [3.05, 3.63) is 75.8 Å². The molecule has 22 heavy (non-hydrogen) atoms. The number of benzene rings is 2. The van der Waals surface area contributed by atoms with Crippen LogP contribution in [0.25, 0.3) is 6.08 Å². The molecule has 2 aromatic carbocycles. The number of hydrogen-bond donors (Lipinski definition) is 0. The molecule has 0 spiro atoms. The molecule has 0 aliphatic rings. The average molecular weight is 334 g/mol. The largest absolute Gasteiger partial charge is 0.367 e. The first kappa shape index (κ1) is 16.3. The monoisotopic (exact) mass is 333 g/mol. The molecule has 112 valence electrons. The van der Waals surface area contributed by atoms with Crippen molar-refractivity contribution in [1.29, 1.82) is 0 Å². The zero-order valence-electron chi connectivity index (χ0n) is 11.8. The SMILES string of the molecule is CC(/C=C/c1ccccc1)=N/OC(=O)c1ccc(Cl)cc1Cl. The van der Waals surface area contributed by atoms with E-state index in [0.29, 0.717) is 10.7 Å². The van der Waals surface area contributed by atoms with Crippen LogP contribution in [0, 0.1) is 0 Å². The molecular formula is C17H13Cl2NO2. The van der Waals surface area contributed by atoms with Crippen molar-refractivity contribution in [3.63, 3.8) is 0 Å². The van der Waals surface area contributed by atoms with Crippen LogP contribution in [0.5, 0.6) is 0 Å². The van der Waals surface area contributed by atoms with E-state index < -0.39 is 5.97 Å². The fourth-order valence-electron chi connectivity index (χ4n) is 1.63. The van der Waals surface area contributed by atoms with E-state index in [-0.39, 0.29) is 10.6 Å². The van der Waals surface area contributed by atoms with Gasteiger partial charge in [0.15, 0.2) is 0 Å². The van der Waals surface area contributed by atoms with Gasteiger partial charge in [-0.25, -0.2) is 4.79 Å². The summed E-state index contributed by atoms with van der Waals surface area (Å²) in [6, 6.07) is 14.3. The quantitative estimate of drug-likeness (QED) is 0.436. The van der Waals surface area contributed by atoms with E-state index in [0.717, 1.165) is 5.56 Å². The number of hydrogen-bond acceptors (Lipinski definition) is 3. The Morgan fingerprint density at radius 3 is 2.55 bits per heavy atom. The van der Waals surface area contributed by atoms with E-state index in [1.807, 2.05) is 36.4 Å². The molecule has 0 aliphatic carbocycles. The van der Waals surface area contributed by atoms with Gasteiger partial charge in [-0.3, -0.25) is 0 Å². The lowest BCUT2D eigenvalue weighted by Crippen LogP contribution is -2.03. The zero-order valence-corrected chi connectivity index (χ0v) is 13.3. The zero-order chi connectivity index (χ0) is 15.9. The minimum Gasteiger partial charge on any atom is -0.312 e. The van der Waals surface area contributed by atoms with Crippen molar-refractivity contribution >= 4 is 41.0 Å². The lowest BCUT2D eigenvalue weighted by Gasteiger charge is -2.01. The molecule has 2 rings (SSSR count). The lowest BCUT2D eigenvalue weighted by molar-refractivity contribution is 0.0517. The maximum absolute atomic E-state index is 11.9. The van der Waals surface area contributed by atoms with Gasteiger partial charge < -0.3 is 4.84 Å². The summed E-state index contributed by atoms with van der Waals surface area (Å²) >= 11 is 11.7. The first-order chi connectivity index (χ1) is 10.6. The molecule has 0 heterocycles. The van der Waals surface area contributed by atoms with Crippen LogP contribution >= 0.6 is 23.2 Å². The second-order valence-corrected chi connectivity index (χ2v) is 5.32. The Morgan fingerprint density at radius 2 is 1.86 bits per heavy atom. The molecule has 0 aliphatic heterocycles. The number of halogens is 2. The number of allylic oxidation sites excluding steroid dienone is 1. The molecule has 0 unspecified atom stereocenters. The Kier molecular flexibility index (Phi) is 5.75.